The van der Waals surface area contributed by atoms with Crippen molar-refractivity contribution in [3.8, 4) is 0 Å². The molecule has 0 aliphatic rings. The van der Waals surface area contributed by atoms with Gasteiger partial charge in [-0.05, 0) is 48.9 Å². The van der Waals surface area contributed by atoms with Crippen molar-refractivity contribution in [3.63, 3.8) is 0 Å². The van der Waals surface area contributed by atoms with E-state index in [1.807, 2.05) is 12.1 Å². The minimum Gasteiger partial charge on any atom is -0.399 e. The van der Waals surface area contributed by atoms with Crippen LogP contribution in [0.2, 0.25) is 0 Å². The van der Waals surface area contributed by atoms with Crippen LogP contribution in [-0.4, -0.2) is 8.42 Å². The number of sulfonamides is 1. The maximum atomic E-state index is 12.2. The van der Waals surface area contributed by atoms with Gasteiger partial charge in [-0.1, -0.05) is 28.1 Å². The maximum absolute atomic E-state index is 12.2. The molecular weight excluding hydrogens is 340 g/mol. The molecule has 6 heteroatoms. The summed E-state index contributed by atoms with van der Waals surface area (Å²) in [5, 5.41) is 0. The molecule has 1 unspecified atom stereocenters. The molecule has 0 saturated carbocycles. The third-order valence-corrected chi connectivity index (χ3v) is 4.98. The zero-order chi connectivity index (χ0) is 14.8. The number of nitrogen functional groups attached to an aromatic ring is 1. The van der Waals surface area contributed by atoms with E-state index in [1.54, 1.807) is 43.3 Å². The second-order valence-corrected chi connectivity index (χ2v) is 7.09. The lowest BCUT2D eigenvalue weighted by Gasteiger charge is -2.15. The van der Waals surface area contributed by atoms with Crippen LogP contribution in [0.4, 0.5) is 5.69 Å². The first-order chi connectivity index (χ1) is 9.38. The van der Waals surface area contributed by atoms with Crippen LogP contribution in [-0.2, 0) is 10.0 Å². The summed E-state index contributed by atoms with van der Waals surface area (Å²) in [5.41, 5.74) is 7.13. The average Bonchev–Trinajstić information content (AvgIpc) is 2.39. The molecule has 0 bridgehead atoms. The van der Waals surface area contributed by atoms with E-state index >= 15 is 0 Å². The van der Waals surface area contributed by atoms with Gasteiger partial charge in [-0.2, -0.15) is 0 Å². The van der Waals surface area contributed by atoms with Gasteiger partial charge in [-0.3, -0.25) is 0 Å². The van der Waals surface area contributed by atoms with Crippen LogP contribution in [0.15, 0.2) is 57.9 Å². The van der Waals surface area contributed by atoms with E-state index < -0.39 is 10.0 Å². The summed E-state index contributed by atoms with van der Waals surface area (Å²) < 4.78 is 28.0. The highest BCUT2D eigenvalue weighted by Crippen LogP contribution is 2.19. The predicted molar refractivity (Wildman–Crippen MR) is 83.7 cm³/mol. The highest BCUT2D eigenvalue weighted by Gasteiger charge is 2.18. The number of hydrogen-bond donors (Lipinski definition) is 2. The largest absolute Gasteiger partial charge is 0.399 e. The molecule has 0 aliphatic heterocycles. The van der Waals surface area contributed by atoms with E-state index in [2.05, 4.69) is 20.7 Å². The van der Waals surface area contributed by atoms with Crippen LogP contribution in [0.25, 0.3) is 0 Å². The molecule has 0 spiro atoms. The molecule has 0 radical (unpaired) electrons. The molecule has 4 nitrogen and oxygen atoms in total. The van der Waals surface area contributed by atoms with Crippen molar-refractivity contribution in [1.82, 2.24) is 4.72 Å². The number of nitrogens with one attached hydrogen (secondary N) is 1. The van der Waals surface area contributed by atoms with E-state index in [0.717, 1.165) is 10.0 Å². The van der Waals surface area contributed by atoms with E-state index in [0.29, 0.717) is 5.69 Å². The first-order valence-corrected chi connectivity index (χ1v) is 8.29. The summed E-state index contributed by atoms with van der Waals surface area (Å²) in [4.78, 5) is 0.239. The summed E-state index contributed by atoms with van der Waals surface area (Å²) in [5.74, 6) is 0. The smallest absolute Gasteiger partial charge is 0.241 e. The third kappa shape index (κ3) is 3.59. The average molecular weight is 355 g/mol. The number of hydrogen-bond acceptors (Lipinski definition) is 3. The topological polar surface area (TPSA) is 72.2 Å². The minimum atomic E-state index is -3.54. The maximum Gasteiger partial charge on any atom is 0.241 e. The Morgan fingerprint density at radius 3 is 2.15 bits per heavy atom. The van der Waals surface area contributed by atoms with Crippen molar-refractivity contribution >= 4 is 31.6 Å². The van der Waals surface area contributed by atoms with E-state index in [-0.39, 0.29) is 10.9 Å². The first kappa shape index (κ1) is 15.0. The Morgan fingerprint density at radius 1 is 1.05 bits per heavy atom. The molecule has 1 atom stereocenters. The minimum absolute atomic E-state index is 0.239. The Labute approximate surface area is 127 Å². The fraction of sp³-hybridized carbons (Fsp3) is 0.143. The Morgan fingerprint density at radius 2 is 1.60 bits per heavy atom. The van der Waals surface area contributed by atoms with Gasteiger partial charge in [0.2, 0.25) is 10.0 Å². The van der Waals surface area contributed by atoms with Gasteiger partial charge in [0.05, 0.1) is 4.90 Å². The van der Waals surface area contributed by atoms with Gasteiger partial charge in [0, 0.05) is 16.2 Å². The molecule has 0 heterocycles. The summed E-state index contributed by atoms with van der Waals surface area (Å²) in [6.45, 7) is 1.79. The van der Waals surface area contributed by atoms with E-state index in [1.165, 1.54) is 0 Å². The lowest BCUT2D eigenvalue weighted by molar-refractivity contribution is 0.567. The van der Waals surface area contributed by atoms with Crippen molar-refractivity contribution in [2.45, 2.75) is 17.9 Å². The van der Waals surface area contributed by atoms with Crippen LogP contribution in [0, 0.1) is 0 Å². The van der Waals surface area contributed by atoms with Gasteiger partial charge >= 0.3 is 0 Å². The lowest BCUT2D eigenvalue weighted by Crippen LogP contribution is -2.26. The predicted octanol–water partition coefficient (Wildman–Crippen LogP) is 3.07. The number of halogens is 1. The fourth-order valence-corrected chi connectivity index (χ4v) is 3.26. The molecule has 0 saturated heterocycles. The van der Waals surface area contributed by atoms with Crippen molar-refractivity contribution < 1.29 is 8.42 Å². The molecule has 20 heavy (non-hydrogen) atoms. The molecule has 106 valence electrons. The van der Waals surface area contributed by atoms with E-state index in [4.69, 9.17) is 5.73 Å². The molecule has 2 rings (SSSR count). The van der Waals surface area contributed by atoms with Gasteiger partial charge in [-0.25, -0.2) is 13.1 Å². The SMILES string of the molecule is CC(NS(=O)(=O)c1ccc(Br)cc1)c1ccc(N)cc1. The zero-order valence-corrected chi connectivity index (χ0v) is 13.3. The standard InChI is InChI=1S/C14H15BrN2O2S/c1-10(11-2-6-13(16)7-3-11)17-20(18,19)14-8-4-12(15)5-9-14/h2-10,17H,16H2,1H3. The van der Waals surface area contributed by atoms with Crippen LogP contribution >= 0.6 is 15.9 Å². The fourth-order valence-electron chi connectivity index (χ4n) is 1.77. The Kier molecular flexibility index (Phi) is 4.47. The molecule has 0 aromatic heterocycles. The van der Waals surface area contributed by atoms with Crippen LogP contribution in [0.5, 0.6) is 0 Å². The highest BCUT2D eigenvalue weighted by atomic mass is 79.9. The van der Waals surface area contributed by atoms with Gasteiger partial charge < -0.3 is 5.73 Å². The van der Waals surface area contributed by atoms with Crippen molar-refractivity contribution in [1.29, 1.82) is 0 Å². The number of rotatable bonds is 4. The third-order valence-electron chi connectivity index (χ3n) is 2.89. The van der Waals surface area contributed by atoms with Crippen molar-refractivity contribution in [2.24, 2.45) is 0 Å². The summed E-state index contributed by atoms with van der Waals surface area (Å²) in [6, 6.07) is 13.3. The number of anilines is 1. The second-order valence-electron chi connectivity index (χ2n) is 4.46. The summed E-state index contributed by atoms with van der Waals surface area (Å²) in [6.07, 6.45) is 0. The summed E-state index contributed by atoms with van der Waals surface area (Å²) >= 11 is 3.28. The lowest BCUT2D eigenvalue weighted by atomic mass is 10.1. The molecule has 0 fully saturated rings. The van der Waals surface area contributed by atoms with E-state index in [9.17, 15) is 8.42 Å². The second kappa shape index (κ2) is 5.95. The van der Waals surface area contributed by atoms with Gasteiger partial charge in [-0.15, -0.1) is 0 Å². The number of nitrogens with two attached hydrogens (primary N) is 1. The molecule has 2 aromatic rings. The van der Waals surface area contributed by atoms with Gasteiger partial charge in [0.1, 0.15) is 0 Å². The van der Waals surface area contributed by atoms with Gasteiger partial charge in [0.15, 0.2) is 0 Å². The van der Waals surface area contributed by atoms with Crippen LogP contribution in [0.3, 0.4) is 0 Å². The quantitative estimate of drug-likeness (QED) is 0.828. The zero-order valence-electron chi connectivity index (χ0n) is 10.9. The highest BCUT2D eigenvalue weighted by molar-refractivity contribution is 9.10. The van der Waals surface area contributed by atoms with Crippen LogP contribution < -0.4 is 10.5 Å². The van der Waals surface area contributed by atoms with Crippen LogP contribution in [0.1, 0.15) is 18.5 Å². The van der Waals surface area contributed by atoms with Gasteiger partial charge in [0.25, 0.3) is 0 Å². The first-order valence-electron chi connectivity index (χ1n) is 6.02. The monoisotopic (exact) mass is 354 g/mol. The number of benzene rings is 2. The normalized spacial score (nSPS) is 13.1. The Balaban J connectivity index is 2.19. The summed E-state index contributed by atoms with van der Waals surface area (Å²) in [7, 11) is -3.54. The Bertz CT molecular complexity index is 682. The molecule has 2 aromatic carbocycles. The molecular formula is C14H15BrN2O2S. The molecule has 0 aliphatic carbocycles. The Hall–Kier alpha value is -1.37. The molecule has 0 amide bonds. The molecule has 3 N–H and O–H groups in total. The van der Waals surface area contributed by atoms with Crippen molar-refractivity contribution in [3.05, 3.63) is 58.6 Å². The van der Waals surface area contributed by atoms with Crippen molar-refractivity contribution in [2.75, 3.05) is 5.73 Å².